The predicted molar refractivity (Wildman–Crippen MR) is 137 cm³/mol. The van der Waals surface area contributed by atoms with Gasteiger partial charge in [0.1, 0.15) is 0 Å². The van der Waals surface area contributed by atoms with Crippen molar-refractivity contribution in [2.45, 2.75) is 143 Å². The van der Waals surface area contributed by atoms with E-state index in [4.69, 9.17) is 18.9 Å². The summed E-state index contributed by atoms with van der Waals surface area (Å²) in [6, 6.07) is 0. The Balaban J connectivity index is 4.44. The maximum Gasteiger partial charge on any atom is 0.321 e. The van der Waals surface area contributed by atoms with E-state index in [1.807, 2.05) is 0 Å². The molecule has 0 aromatic rings. The van der Waals surface area contributed by atoms with Crippen LogP contribution in [0.25, 0.3) is 0 Å². The molecule has 0 fully saturated rings. The zero-order chi connectivity index (χ0) is 23.5. The van der Waals surface area contributed by atoms with Crippen molar-refractivity contribution in [1.82, 2.24) is 0 Å². The van der Waals surface area contributed by atoms with Crippen molar-refractivity contribution in [2.75, 3.05) is 26.6 Å². The predicted octanol–water partition coefficient (Wildman–Crippen LogP) is 9.28. The Morgan fingerprint density at radius 1 is 0.438 bits per heavy atom. The van der Waals surface area contributed by atoms with Crippen LogP contribution in [0.15, 0.2) is 11.7 Å². The first kappa shape index (κ1) is 31.1. The minimum Gasteiger partial charge on any atom is -0.491 e. The first-order chi connectivity index (χ1) is 15.8. The minimum absolute atomic E-state index is 0.236. The Morgan fingerprint density at radius 2 is 0.938 bits per heavy atom. The molecule has 4 nitrogen and oxygen atoms in total. The number of allylic oxidation sites excluding steroid dienone is 1. The SMILES string of the molecule is CCCCCCCCCOC(CCC)=C(OCCCCCCCCC)OCOCCCC. The first-order valence-corrected chi connectivity index (χ1v) is 14.0. The van der Waals surface area contributed by atoms with E-state index in [1.54, 1.807) is 0 Å². The van der Waals surface area contributed by atoms with Crippen LogP contribution >= 0.6 is 0 Å². The van der Waals surface area contributed by atoms with Gasteiger partial charge < -0.3 is 18.9 Å². The molecule has 0 aliphatic heterocycles. The zero-order valence-electron chi connectivity index (χ0n) is 22.2. The average Bonchev–Trinajstić information content (AvgIpc) is 2.80. The minimum atomic E-state index is 0.236. The topological polar surface area (TPSA) is 36.9 Å². The molecule has 0 unspecified atom stereocenters. The third kappa shape index (κ3) is 21.0. The summed E-state index contributed by atoms with van der Waals surface area (Å²) in [5.41, 5.74) is 0. The number of hydrogen-bond acceptors (Lipinski definition) is 4. The molecule has 0 rings (SSSR count). The van der Waals surface area contributed by atoms with Crippen LogP contribution < -0.4 is 0 Å². The van der Waals surface area contributed by atoms with Crippen LogP contribution in [0.3, 0.4) is 0 Å². The molecule has 0 aromatic carbocycles. The van der Waals surface area contributed by atoms with Crippen molar-refractivity contribution in [1.29, 1.82) is 0 Å². The highest BCUT2D eigenvalue weighted by Crippen LogP contribution is 2.18. The van der Waals surface area contributed by atoms with Gasteiger partial charge in [-0.2, -0.15) is 0 Å². The maximum absolute atomic E-state index is 6.15. The van der Waals surface area contributed by atoms with Crippen molar-refractivity contribution in [3.05, 3.63) is 11.7 Å². The fraction of sp³-hybridized carbons (Fsp3) is 0.929. The van der Waals surface area contributed by atoms with E-state index in [9.17, 15) is 0 Å². The molecule has 0 bridgehead atoms. The molecule has 0 aromatic heterocycles. The van der Waals surface area contributed by atoms with Gasteiger partial charge in [0.25, 0.3) is 0 Å². The summed E-state index contributed by atoms with van der Waals surface area (Å²) in [6.45, 7) is 11.3. The van der Waals surface area contributed by atoms with E-state index in [0.717, 1.165) is 57.5 Å². The van der Waals surface area contributed by atoms with E-state index < -0.39 is 0 Å². The summed E-state index contributed by atoms with van der Waals surface area (Å²) in [6.07, 6.45) is 21.9. The van der Waals surface area contributed by atoms with Crippen LogP contribution in [0, 0.1) is 0 Å². The quantitative estimate of drug-likeness (QED) is 0.0738. The Hall–Kier alpha value is -0.900. The zero-order valence-corrected chi connectivity index (χ0v) is 22.2. The average molecular weight is 457 g/mol. The molecule has 0 saturated carbocycles. The Morgan fingerprint density at radius 3 is 1.47 bits per heavy atom. The van der Waals surface area contributed by atoms with Crippen LogP contribution in [0.2, 0.25) is 0 Å². The number of unbranched alkanes of at least 4 members (excludes halogenated alkanes) is 13. The molecular formula is C28H56O4. The lowest BCUT2D eigenvalue weighted by Crippen LogP contribution is -2.10. The van der Waals surface area contributed by atoms with E-state index in [0.29, 0.717) is 12.6 Å². The fourth-order valence-corrected chi connectivity index (χ4v) is 3.54. The summed E-state index contributed by atoms with van der Waals surface area (Å²) in [4.78, 5) is 0. The standard InChI is InChI=1S/C28H56O4/c1-5-9-12-14-16-18-20-24-30-27(22-8-4)28(32-26-29-23-11-7-3)31-25-21-19-17-15-13-10-6-2/h5-26H2,1-4H3. The van der Waals surface area contributed by atoms with Crippen LogP contribution in [-0.2, 0) is 18.9 Å². The third-order valence-corrected chi connectivity index (χ3v) is 5.63. The van der Waals surface area contributed by atoms with E-state index in [2.05, 4.69) is 27.7 Å². The van der Waals surface area contributed by atoms with Crippen LogP contribution in [-0.4, -0.2) is 26.6 Å². The van der Waals surface area contributed by atoms with Gasteiger partial charge in [-0.1, -0.05) is 111 Å². The summed E-state index contributed by atoms with van der Waals surface area (Å²) in [7, 11) is 0. The van der Waals surface area contributed by atoms with E-state index >= 15 is 0 Å². The Bertz CT molecular complexity index is 395. The van der Waals surface area contributed by atoms with Crippen molar-refractivity contribution in [3.63, 3.8) is 0 Å². The van der Waals surface area contributed by atoms with Gasteiger partial charge >= 0.3 is 5.95 Å². The highest BCUT2D eigenvalue weighted by molar-refractivity contribution is 4.95. The van der Waals surface area contributed by atoms with Gasteiger partial charge in [-0.15, -0.1) is 0 Å². The molecule has 4 heteroatoms. The summed E-state index contributed by atoms with van der Waals surface area (Å²) in [5.74, 6) is 1.41. The van der Waals surface area contributed by atoms with Gasteiger partial charge in [-0.25, -0.2) is 0 Å². The molecule has 0 N–H and O–H groups in total. The van der Waals surface area contributed by atoms with Crippen LogP contribution in [0.4, 0.5) is 0 Å². The van der Waals surface area contributed by atoms with Crippen LogP contribution in [0.5, 0.6) is 0 Å². The van der Waals surface area contributed by atoms with Crippen molar-refractivity contribution in [2.24, 2.45) is 0 Å². The highest BCUT2D eigenvalue weighted by Gasteiger charge is 2.12. The molecule has 192 valence electrons. The van der Waals surface area contributed by atoms with Gasteiger partial charge in [-0.3, -0.25) is 0 Å². The first-order valence-electron chi connectivity index (χ1n) is 14.0. The normalized spacial score (nSPS) is 12.0. The van der Waals surface area contributed by atoms with Crippen molar-refractivity contribution in [3.8, 4) is 0 Å². The maximum atomic E-state index is 6.15. The highest BCUT2D eigenvalue weighted by atomic mass is 16.7. The van der Waals surface area contributed by atoms with Crippen molar-refractivity contribution >= 4 is 0 Å². The molecule has 0 saturated heterocycles. The summed E-state index contributed by atoms with van der Waals surface area (Å²) in [5, 5.41) is 0. The second-order valence-corrected chi connectivity index (χ2v) is 8.92. The fourth-order valence-electron chi connectivity index (χ4n) is 3.54. The Kier molecular flexibility index (Phi) is 25.6. The van der Waals surface area contributed by atoms with E-state index in [-0.39, 0.29) is 6.79 Å². The smallest absolute Gasteiger partial charge is 0.321 e. The summed E-state index contributed by atoms with van der Waals surface area (Å²) >= 11 is 0. The molecule has 0 amide bonds. The van der Waals surface area contributed by atoms with Gasteiger partial charge in [0.05, 0.1) is 19.8 Å². The lowest BCUT2D eigenvalue weighted by atomic mass is 10.1. The van der Waals surface area contributed by atoms with Crippen LogP contribution in [0.1, 0.15) is 143 Å². The second-order valence-electron chi connectivity index (χ2n) is 8.92. The van der Waals surface area contributed by atoms with Gasteiger partial charge in [0, 0.05) is 6.42 Å². The lowest BCUT2D eigenvalue weighted by Gasteiger charge is -2.17. The molecule has 0 radical (unpaired) electrons. The monoisotopic (exact) mass is 456 g/mol. The molecule has 0 heterocycles. The van der Waals surface area contributed by atoms with E-state index in [1.165, 1.54) is 77.0 Å². The molecular weight excluding hydrogens is 400 g/mol. The number of ether oxygens (including phenoxy) is 4. The Labute approximate surface area is 200 Å². The summed E-state index contributed by atoms with van der Waals surface area (Å²) < 4.78 is 23.7. The van der Waals surface area contributed by atoms with Crippen molar-refractivity contribution < 1.29 is 18.9 Å². The molecule has 32 heavy (non-hydrogen) atoms. The second kappa shape index (κ2) is 26.4. The third-order valence-electron chi connectivity index (χ3n) is 5.63. The number of rotatable bonds is 26. The largest absolute Gasteiger partial charge is 0.491 e. The lowest BCUT2D eigenvalue weighted by molar-refractivity contribution is -0.0843. The van der Waals surface area contributed by atoms with Gasteiger partial charge in [0.15, 0.2) is 12.6 Å². The van der Waals surface area contributed by atoms with Gasteiger partial charge in [-0.05, 0) is 25.7 Å². The molecule has 0 aliphatic rings. The number of hydrogen-bond donors (Lipinski definition) is 0. The molecule has 0 spiro atoms. The molecule has 0 atom stereocenters. The molecule has 0 aliphatic carbocycles. The van der Waals surface area contributed by atoms with Gasteiger partial charge in [0.2, 0.25) is 0 Å².